The highest BCUT2D eigenvalue weighted by atomic mass is 16.7. The number of nitrogens with two attached hydrogens (primary N) is 1. The van der Waals surface area contributed by atoms with Crippen LogP contribution in [0.5, 0.6) is 0 Å². The molecule has 0 aromatic heterocycles. The third-order valence-corrected chi connectivity index (χ3v) is 9.71. The van der Waals surface area contributed by atoms with Crippen LogP contribution in [0.15, 0.2) is 5.10 Å². The minimum Gasteiger partial charge on any atom is -0.459 e. The Morgan fingerprint density at radius 2 is 1.67 bits per heavy atom. The van der Waals surface area contributed by atoms with Gasteiger partial charge >= 0.3 is 5.97 Å². The first kappa shape index (κ1) is 36.8. The van der Waals surface area contributed by atoms with E-state index in [-0.39, 0.29) is 30.9 Å². The standard InChI is InChI=1S/C30H57N3O9/c1-12-21-30(8,38)25(36)17(4)22(32-31)15(2)14-29(7,39-11)26(18(5)23(34)19(6)27(37)41-21)42-28-24(35)20(33(9)10)13-16(3)40-28/h15-21,23-26,28,34-36,38H,12-14,31H2,1-11H3/b32-22+/t15-,16?,17+,18+,19-,20?,21-,23+,24?,25-,26-,28?,29-,30-/m1/s1. The lowest BCUT2D eigenvalue weighted by Crippen LogP contribution is -2.60. The molecule has 2 heterocycles. The predicted octanol–water partition coefficient (Wildman–Crippen LogP) is 1.26. The van der Waals surface area contributed by atoms with Crippen molar-refractivity contribution in [3.05, 3.63) is 0 Å². The Morgan fingerprint density at radius 3 is 2.17 bits per heavy atom. The van der Waals surface area contributed by atoms with Gasteiger partial charge in [0.2, 0.25) is 0 Å². The molecule has 0 saturated carbocycles. The van der Waals surface area contributed by atoms with Crippen LogP contribution in [0, 0.1) is 23.7 Å². The predicted molar refractivity (Wildman–Crippen MR) is 158 cm³/mol. The second-order valence-corrected chi connectivity index (χ2v) is 13.2. The van der Waals surface area contributed by atoms with Crippen LogP contribution in [-0.2, 0) is 23.7 Å². The van der Waals surface area contributed by atoms with E-state index in [4.69, 9.17) is 24.8 Å². The molecule has 0 aromatic carbocycles. The molecule has 0 radical (unpaired) electrons. The van der Waals surface area contributed by atoms with Crippen molar-refractivity contribution in [1.29, 1.82) is 0 Å². The molecule has 12 heteroatoms. The third-order valence-electron chi connectivity index (χ3n) is 9.71. The number of carbonyl (C=O) groups excluding carboxylic acids is 1. The van der Waals surface area contributed by atoms with Gasteiger partial charge < -0.3 is 50.1 Å². The summed E-state index contributed by atoms with van der Waals surface area (Å²) in [6.07, 6.45) is -5.68. The molecule has 2 rings (SSSR count). The van der Waals surface area contributed by atoms with Gasteiger partial charge in [0, 0.05) is 30.7 Å². The number of ether oxygens (including phenoxy) is 4. The van der Waals surface area contributed by atoms with Crippen molar-refractivity contribution in [3.8, 4) is 0 Å². The lowest BCUT2D eigenvalue weighted by atomic mass is 9.73. The summed E-state index contributed by atoms with van der Waals surface area (Å²) in [7, 11) is 5.30. The summed E-state index contributed by atoms with van der Waals surface area (Å²) in [6, 6.07) is -0.226. The average molecular weight is 604 g/mol. The fraction of sp³-hybridized carbons (Fsp3) is 0.933. The first-order valence-corrected chi connectivity index (χ1v) is 15.1. The number of likely N-dealkylation sites (N-methyl/N-ethyl adjacent to an activating group) is 1. The normalized spacial score (nSPS) is 47.7. The molecule has 0 spiro atoms. The minimum atomic E-state index is -1.83. The maximum absolute atomic E-state index is 13.3. The van der Waals surface area contributed by atoms with E-state index in [9.17, 15) is 25.2 Å². The zero-order valence-corrected chi connectivity index (χ0v) is 27.4. The lowest BCUT2D eigenvalue weighted by Gasteiger charge is -2.48. The van der Waals surface area contributed by atoms with Crippen molar-refractivity contribution in [3.63, 3.8) is 0 Å². The third kappa shape index (κ3) is 7.63. The van der Waals surface area contributed by atoms with Gasteiger partial charge in [-0.05, 0) is 67.0 Å². The number of aliphatic hydroxyl groups is 4. The van der Waals surface area contributed by atoms with Crippen LogP contribution in [0.4, 0.5) is 0 Å². The maximum Gasteiger partial charge on any atom is 0.311 e. The molecule has 42 heavy (non-hydrogen) atoms. The van der Waals surface area contributed by atoms with Gasteiger partial charge in [0.1, 0.15) is 17.8 Å². The number of hydrogen-bond donors (Lipinski definition) is 5. The highest BCUT2D eigenvalue weighted by molar-refractivity contribution is 5.89. The number of aliphatic hydroxyl groups excluding tert-OH is 3. The topological polar surface area (TPSA) is 177 Å². The molecule has 2 fully saturated rings. The van der Waals surface area contributed by atoms with Crippen molar-refractivity contribution in [2.45, 2.75) is 135 Å². The molecule has 4 unspecified atom stereocenters. The van der Waals surface area contributed by atoms with E-state index in [0.717, 1.165) is 0 Å². The zero-order valence-electron chi connectivity index (χ0n) is 27.4. The van der Waals surface area contributed by atoms with Crippen LogP contribution in [0.25, 0.3) is 0 Å². The van der Waals surface area contributed by atoms with E-state index in [2.05, 4.69) is 5.10 Å². The minimum absolute atomic E-state index is 0.205. The van der Waals surface area contributed by atoms with E-state index in [1.54, 1.807) is 27.7 Å². The summed E-state index contributed by atoms with van der Waals surface area (Å²) in [6.45, 7) is 13.8. The second kappa shape index (κ2) is 14.6. The van der Waals surface area contributed by atoms with Gasteiger partial charge in [0.25, 0.3) is 0 Å². The smallest absolute Gasteiger partial charge is 0.311 e. The Morgan fingerprint density at radius 1 is 1.07 bits per heavy atom. The summed E-state index contributed by atoms with van der Waals surface area (Å²) in [4.78, 5) is 15.3. The zero-order chi connectivity index (χ0) is 32.3. The molecule has 0 aromatic rings. The Balaban J connectivity index is 2.65. The van der Waals surface area contributed by atoms with Crippen molar-refractivity contribution >= 4 is 11.7 Å². The largest absolute Gasteiger partial charge is 0.459 e. The molecule has 12 nitrogen and oxygen atoms in total. The number of cyclic esters (lactones) is 1. The molecule has 6 N–H and O–H groups in total. The number of methoxy groups -OCH3 is 1. The van der Waals surface area contributed by atoms with E-state index < -0.39 is 71.7 Å². The summed E-state index contributed by atoms with van der Waals surface area (Å²) in [5, 5.41) is 49.6. The number of hydrazone groups is 1. The van der Waals surface area contributed by atoms with E-state index in [0.29, 0.717) is 12.1 Å². The quantitative estimate of drug-likeness (QED) is 0.174. The summed E-state index contributed by atoms with van der Waals surface area (Å²) in [5.74, 6) is 2.33. The molecule has 2 saturated heterocycles. The van der Waals surface area contributed by atoms with Crippen molar-refractivity contribution in [1.82, 2.24) is 4.90 Å². The maximum atomic E-state index is 13.3. The number of hydrogen-bond acceptors (Lipinski definition) is 12. The van der Waals surface area contributed by atoms with Gasteiger partial charge in [-0.25, -0.2) is 0 Å². The molecular formula is C30H57N3O9. The second-order valence-electron chi connectivity index (χ2n) is 13.2. The Bertz CT molecular complexity index is 918. The van der Waals surface area contributed by atoms with Crippen LogP contribution in [0.3, 0.4) is 0 Å². The molecule has 0 bridgehead atoms. The van der Waals surface area contributed by atoms with E-state index in [1.165, 1.54) is 14.0 Å². The Labute approximate surface area is 251 Å². The van der Waals surface area contributed by atoms with Gasteiger partial charge in [0.15, 0.2) is 6.29 Å². The fourth-order valence-corrected chi connectivity index (χ4v) is 6.84. The van der Waals surface area contributed by atoms with E-state index >= 15 is 0 Å². The van der Waals surface area contributed by atoms with Gasteiger partial charge in [-0.1, -0.05) is 27.7 Å². The number of carbonyl (C=O) groups is 1. The summed E-state index contributed by atoms with van der Waals surface area (Å²) >= 11 is 0. The molecule has 2 aliphatic heterocycles. The molecule has 0 amide bonds. The highest BCUT2D eigenvalue weighted by Gasteiger charge is 2.51. The van der Waals surface area contributed by atoms with Gasteiger partial charge in [-0.15, -0.1) is 0 Å². The fourth-order valence-electron chi connectivity index (χ4n) is 6.84. The molecule has 14 atom stereocenters. The molecule has 2 aliphatic rings. The van der Waals surface area contributed by atoms with Gasteiger partial charge in [-0.3, -0.25) is 4.79 Å². The first-order valence-electron chi connectivity index (χ1n) is 15.1. The van der Waals surface area contributed by atoms with Crippen LogP contribution in [0.2, 0.25) is 0 Å². The van der Waals surface area contributed by atoms with Crippen LogP contribution in [0.1, 0.15) is 74.7 Å². The van der Waals surface area contributed by atoms with Gasteiger partial charge in [0.05, 0.1) is 35.9 Å². The van der Waals surface area contributed by atoms with E-state index in [1.807, 2.05) is 39.8 Å². The lowest BCUT2D eigenvalue weighted by molar-refractivity contribution is -0.301. The monoisotopic (exact) mass is 603 g/mol. The van der Waals surface area contributed by atoms with Crippen LogP contribution >= 0.6 is 0 Å². The highest BCUT2D eigenvalue weighted by Crippen LogP contribution is 2.39. The van der Waals surface area contributed by atoms with Gasteiger partial charge in [-0.2, -0.15) is 5.10 Å². The Kier molecular flexibility index (Phi) is 12.8. The summed E-state index contributed by atoms with van der Waals surface area (Å²) < 4.78 is 24.5. The van der Waals surface area contributed by atoms with Crippen LogP contribution < -0.4 is 5.84 Å². The number of esters is 1. The van der Waals surface area contributed by atoms with Crippen molar-refractivity contribution in [2.24, 2.45) is 34.6 Å². The first-order chi connectivity index (χ1) is 19.4. The summed E-state index contributed by atoms with van der Waals surface area (Å²) in [5.41, 5.74) is -2.51. The molecule has 0 aliphatic carbocycles. The molecular weight excluding hydrogens is 546 g/mol. The van der Waals surface area contributed by atoms with Crippen molar-refractivity contribution < 1.29 is 44.2 Å². The molecule has 246 valence electrons. The number of rotatable bonds is 5. The van der Waals surface area contributed by atoms with Crippen molar-refractivity contribution in [2.75, 3.05) is 21.2 Å². The SMILES string of the molecule is CC[C@H]1OC(=O)[C@H](C)[C@@H](O)[C@H](C)[C@@H](OC2OC(C)CC(N(C)C)C2O)[C@](C)(OC)C[C@@H](C)/C(=N\N)[C@H](C)[C@@H](O)[C@]1(C)O. The number of nitrogens with zero attached hydrogens (tertiary/aromatic N) is 2. The van der Waals surface area contributed by atoms with Crippen LogP contribution in [-0.4, -0.2) is 118 Å². The Hall–Kier alpha value is -1.38. The average Bonchev–Trinajstić information content (AvgIpc) is 2.93.